The van der Waals surface area contributed by atoms with Crippen molar-refractivity contribution in [1.29, 1.82) is 0 Å². The van der Waals surface area contributed by atoms with E-state index in [1.165, 1.54) is 32.1 Å². The molecule has 0 spiro atoms. The van der Waals surface area contributed by atoms with Gasteiger partial charge in [0.25, 0.3) is 0 Å². The van der Waals surface area contributed by atoms with E-state index in [1.807, 2.05) is 42.5 Å². The lowest BCUT2D eigenvalue weighted by molar-refractivity contribution is -0.597. The van der Waals surface area contributed by atoms with Gasteiger partial charge >= 0.3 is 119 Å². The summed E-state index contributed by atoms with van der Waals surface area (Å²) in [7, 11) is -10.9. The van der Waals surface area contributed by atoms with Crippen molar-refractivity contribution >= 4 is 29.3 Å². The third kappa shape index (κ3) is 41.2. The van der Waals surface area contributed by atoms with Crippen LogP contribution in [0.15, 0.2) is 291 Å². The maximum Gasteiger partial charge on any atom is 0.673 e. The van der Waals surface area contributed by atoms with Gasteiger partial charge in [-0.2, -0.15) is 13.2 Å². The molecule has 0 fully saturated rings. The molecule has 0 aliphatic carbocycles. The molecule has 10 aromatic carbocycles. The minimum Gasteiger partial charge on any atom is -1.00 e. The fraction of sp³-hybridized carbons (Fsp3) is 0.0164. The van der Waals surface area contributed by atoms with Crippen LogP contribution in [-0.4, -0.2) is 24.8 Å². The molecule has 0 atom stereocenters. The van der Waals surface area contributed by atoms with Gasteiger partial charge in [0.05, 0.1) is 5.56 Å². The Balaban J connectivity index is 0.000000495. The molecule has 10 rings (SSSR count). The standard InChI is InChI=1S/C13H9F3I.C12H9ClI.3C12H10I.BF4.ClH.2HI.H2O4S/c14-13(15,16)10-6-8-12(9-7-10)17-11-4-2-1-3-5-11;13-10-6-8-12(9-7-10)14-11-4-2-1-3-5-11;3*1-3-7-11(8-4-1)13-12-9-5-2-6-10-12;2-1(3,4)5;;;;1-5(2,3)4/h1-9H;1-9H;3*1-10H;;3*1H;(H2,1,2,3,4)/q5*+1;-1;;;;/p-4. The van der Waals surface area contributed by atoms with Crippen molar-refractivity contribution < 1.29 is 214 Å². The predicted molar refractivity (Wildman–Crippen MR) is 284 cm³/mol. The highest BCUT2D eigenvalue weighted by molar-refractivity contribution is 7.79. The molecule has 0 unspecified atom stereocenters. The van der Waals surface area contributed by atoms with Gasteiger partial charge in [-0.3, -0.25) is 4.55 Å². The third-order valence-electron chi connectivity index (χ3n) is 8.93. The molecule has 0 saturated carbocycles. The second-order valence-corrected chi connectivity index (χ2v) is 31.6. The number of halogens is 16. The van der Waals surface area contributed by atoms with Gasteiger partial charge in [0, 0.05) is 5.02 Å². The van der Waals surface area contributed by atoms with Gasteiger partial charge in [0.2, 0.25) is 10.4 Å². The highest BCUT2D eigenvalue weighted by Crippen LogP contribution is 2.28. The Bertz CT molecular complexity index is 2990. The number of alkyl halides is 3. The molecular formula is C61H49BCl2F7I7O4S. The monoisotopic (exact) mass is 1980 g/mol. The minimum absolute atomic E-state index is 0. The van der Waals surface area contributed by atoms with Crippen molar-refractivity contribution in [3.8, 4) is 0 Å². The van der Waals surface area contributed by atoms with Crippen LogP contribution in [0.5, 0.6) is 0 Å². The molecule has 0 saturated heterocycles. The molecule has 4 nitrogen and oxygen atoms in total. The summed E-state index contributed by atoms with van der Waals surface area (Å²) in [5.41, 5.74) is -0.585. The van der Waals surface area contributed by atoms with Crippen molar-refractivity contribution in [2.24, 2.45) is 0 Å². The molecule has 22 heteroatoms. The molecule has 0 amide bonds. The van der Waals surface area contributed by atoms with Crippen molar-refractivity contribution in [3.63, 3.8) is 0 Å². The van der Waals surface area contributed by atoms with Crippen LogP contribution in [-0.2, 0) is 16.6 Å². The van der Waals surface area contributed by atoms with Crippen LogP contribution in [0.1, 0.15) is 5.56 Å². The maximum absolute atomic E-state index is 12.4. The minimum atomic E-state index is -6.00. The Kier molecular flexibility index (Phi) is 42.2. The molecule has 10 aromatic rings. The molecular weight excluding hydrogens is 1930 g/mol. The molecule has 0 bridgehead atoms. The summed E-state index contributed by atoms with van der Waals surface area (Å²) in [6, 6.07) is 98.2. The lowest BCUT2D eigenvalue weighted by Crippen LogP contribution is -3.61. The maximum atomic E-state index is 12.4. The van der Waals surface area contributed by atoms with Gasteiger partial charge < -0.3 is 82.2 Å². The molecule has 438 valence electrons. The number of benzene rings is 10. The van der Waals surface area contributed by atoms with E-state index in [2.05, 4.69) is 224 Å². The first kappa shape index (κ1) is 78.3. The molecule has 83 heavy (non-hydrogen) atoms. The fourth-order valence-electron chi connectivity index (χ4n) is 5.65. The van der Waals surface area contributed by atoms with Crippen LogP contribution >= 0.6 is 11.6 Å². The van der Waals surface area contributed by atoms with Crippen molar-refractivity contribution in [1.82, 2.24) is 0 Å². The smallest absolute Gasteiger partial charge is 0.673 e. The van der Waals surface area contributed by atoms with E-state index in [1.54, 1.807) is 12.1 Å². The topological polar surface area (TPSA) is 77.4 Å². The van der Waals surface area contributed by atoms with E-state index in [-0.39, 0.29) is 166 Å². The number of rotatable bonds is 10. The Hall–Kier alpha value is -2.67. The van der Waals surface area contributed by atoms with Crippen LogP contribution in [0.2, 0.25) is 5.02 Å². The van der Waals surface area contributed by atoms with E-state index < -0.39 is 29.4 Å². The van der Waals surface area contributed by atoms with Gasteiger partial charge in [0.1, 0.15) is 0 Å². The molecule has 0 aliphatic heterocycles. The summed E-state index contributed by atoms with van der Waals surface area (Å²) >= 11 is 5.48. The second-order valence-electron chi connectivity index (χ2n) is 15.2. The number of hydrogen-bond donors (Lipinski definition) is 1. The lowest BCUT2D eigenvalue weighted by atomic mass is 10.2. The average molecular weight is 1980 g/mol. The van der Waals surface area contributed by atoms with E-state index in [0.717, 1.165) is 20.7 Å². The van der Waals surface area contributed by atoms with Gasteiger partial charge in [-0.25, -0.2) is 8.42 Å². The summed E-state index contributed by atoms with van der Waals surface area (Å²) in [5.74, 6) is 0. The van der Waals surface area contributed by atoms with E-state index in [0.29, 0.717) is 0 Å². The summed E-state index contributed by atoms with van der Waals surface area (Å²) in [5, 5.41) is 0.811. The highest BCUT2D eigenvalue weighted by atomic mass is 127. The fourth-order valence-corrected chi connectivity index (χ4v) is 17.0. The summed E-state index contributed by atoms with van der Waals surface area (Å²) in [6.45, 7) is 0. The summed E-state index contributed by atoms with van der Waals surface area (Å²) in [6.07, 6.45) is -4.25. The summed E-state index contributed by atoms with van der Waals surface area (Å²) in [4.78, 5) is 0. The van der Waals surface area contributed by atoms with Crippen LogP contribution in [0.3, 0.4) is 0 Å². The molecule has 0 aromatic heterocycles. The Morgan fingerprint density at radius 1 is 0.337 bits per heavy atom. The van der Waals surface area contributed by atoms with Crippen molar-refractivity contribution in [3.05, 3.63) is 337 Å². The van der Waals surface area contributed by atoms with Gasteiger partial charge in [-0.05, 0) is 146 Å². The lowest BCUT2D eigenvalue weighted by Gasteiger charge is -2.04. The molecule has 1 N–H and O–H groups in total. The predicted octanol–water partition coefficient (Wildman–Crippen LogP) is -7.94. The second kappa shape index (κ2) is 44.7. The quantitative estimate of drug-likeness (QED) is 0.0487. The van der Waals surface area contributed by atoms with Crippen LogP contribution in [0.25, 0.3) is 0 Å². The third-order valence-corrected chi connectivity index (χ3v) is 22.6. The zero-order valence-electron chi connectivity index (χ0n) is 42.9. The zero-order chi connectivity index (χ0) is 57.9. The van der Waals surface area contributed by atoms with Gasteiger partial charge in [-0.15, -0.1) is 0 Å². The zero-order valence-corrected chi connectivity index (χ0v) is 60.3. The highest BCUT2D eigenvalue weighted by Gasteiger charge is 2.31. The number of hydrogen-bond acceptors (Lipinski definition) is 3. The Morgan fingerprint density at radius 2 is 0.470 bits per heavy atom. The van der Waals surface area contributed by atoms with Gasteiger partial charge in [-0.1, -0.05) is 157 Å². The normalized spacial score (nSPS) is 10.1. The van der Waals surface area contributed by atoms with Gasteiger partial charge in [0.15, 0.2) is 35.7 Å². The van der Waals surface area contributed by atoms with E-state index >= 15 is 0 Å². The Morgan fingerprint density at radius 3 is 0.614 bits per heavy atom. The average Bonchev–Trinajstić information content (AvgIpc) is 3.44. The van der Waals surface area contributed by atoms with E-state index in [4.69, 9.17) is 29.1 Å². The molecule has 0 heterocycles. The first-order valence-corrected chi connectivity index (χ1v) is 35.9. The van der Waals surface area contributed by atoms with E-state index in [9.17, 15) is 30.4 Å². The van der Waals surface area contributed by atoms with Crippen LogP contribution < -0.4 is 166 Å². The molecule has 0 radical (unpaired) electrons. The van der Waals surface area contributed by atoms with Crippen molar-refractivity contribution in [2.45, 2.75) is 6.18 Å². The van der Waals surface area contributed by atoms with Crippen molar-refractivity contribution in [2.75, 3.05) is 0 Å². The van der Waals surface area contributed by atoms with Crippen LogP contribution in [0.4, 0.5) is 30.4 Å². The SMILES string of the molecule is Clc1ccc([I+]c2ccccc2)cc1.FC(F)(F)c1ccc([I+]c2ccccc2)cc1.F[B-](F)(F)F.O=S(=O)([O-])O.[Cl-].[I-].[I-].c1ccc([I+]c2ccccc2)cc1.c1ccc([I+]c2ccccc2)cc1.c1ccc([I+]c2ccccc2)cc1. The first-order valence-electron chi connectivity index (χ1n) is 23.4. The summed E-state index contributed by atoms with van der Waals surface area (Å²) < 4.78 is 123. The molecule has 0 aliphatic rings. The first-order chi connectivity index (χ1) is 38.2. The largest absolute Gasteiger partial charge is 1.00 e. The Labute approximate surface area is 579 Å². The van der Waals surface area contributed by atoms with Crippen LogP contribution in [0, 0.1) is 35.7 Å².